The summed E-state index contributed by atoms with van der Waals surface area (Å²) >= 11 is 0. The number of ether oxygens (including phenoxy) is 2. The molecule has 1 heterocycles. The molecule has 2 rings (SSSR count). The molecule has 0 spiro atoms. The summed E-state index contributed by atoms with van der Waals surface area (Å²) in [5.74, 6) is 0.285. The zero-order valence-corrected chi connectivity index (χ0v) is 9.39. The average molecular weight is 220 g/mol. The van der Waals surface area contributed by atoms with E-state index in [0.717, 1.165) is 11.8 Å². The number of hydrogen-bond donors (Lipinski definition) is 0. The second kappa shape index (κ2) is 5.23. The molecular formula is C13H16O3. The lowest BCUT2D eigenvalue weighted by Crippen LogP contribution is -2.00. The summed E-state index contributed by atoms with van der Waals surface area (Å²) < 4.78 is 10.6. The van der Waals surface area contributed by atoms with Crippen LogP contribution >= 0.6 is 0 Å². The van der Waals surface area contributed by atoms with Crippen LogP contribution in [0.5, 0.6) is 0 Å². The van der Waals surface area contributed by atoms with Gasteiger partial charge in [0.25, 0.3) is 0 Å². The van der Waals surface area contributed by atoms with Crippen LogP contribution in [0.25, 0.3) is 0 Å². The second-order valence-electron chi connectivity index (χ2n) is 4.11. The Morgan fingerprint density at radius 1 is 1.44 bits per heavy atom. The molecule has 1 aromatic carbocycles. The molecule has 0 amide bonds. The van der Waals surface area contributed by atoms with Crippen molar-refractivity contribution in [2.24, 2.45) is 0 Å². The van der Waals surface area contributed by atoms with Gasteiger partial charge in [0.1, 0.15) is 19.2 Å². The van der Waals surface area contributed by atoms with Crippen LogP contribution < -0.4 is 0 Å². The fraction of sp³-hybridized carbons (Fsp3) is 0.462. The summed E-state index contributed by atoms with van der Waals surface area (Å²) in [5, 5.41) is 0. The third-order valence-electron chi connectivity index (χ3n) is 2.95. The molecule has 0 saturated carbocycles. The quantitative estimate of drug-likeness (QED) is 0.731. The zero-order valence-electron chi connectivity index (χ0n) is 9.39. The van der Waals surface area contributed by atoms with Crippen molar-refractivity contribution in [3.63, 3.8) is 0 Å². The Bertz CT molecular complexity index is 339. The van der Waals surface area contributed by atoms with Gasteiger partial charge < -0.3 is 14.3 Å². The van der Waals surface area contributed by atoms with E-state index in [0.29, 0.717) is 19.8 Å². The smallest absolute Gasteiger partial charge is 0.147 e. The first kappa shape index (κ1) is 11.3. The lowest BCUT2D eigenvalue weighted by molar-refractivity contribution is -0.108. The summed E-state index contributed by atoms with van der Waals surface area (Å²) in [4.78, 5) is 10.4. The molecule has 3 heteroatoms. The van der Waals surface area contributed by atoms with Crippen LogP contribution in [0.4, 0.5) is 0 Å². The van der Waals surface area contributed by atoms with Crippen molar-refractivity contribution in [2.75, 3.05) is 13.4 Å². The van der Waals surface area contributed by atoms with Crippen molar-refractivity contribution in [3.8, 4) is 0 Å². The van der Waals surface area contributed by atoms with E-state index >= 15 is 0 Å². The minimum atomic E-state index is 0.0652. The molecule has 2 unspecified atom stereocenters. The highest BCUT2D eigenvalue weighted by Crippen LogP contribution is 2.25. The van der Waals surface area contributed by atoms with Crippen molar-refractivity contribution in [3.05, 3.63) is 35.4 Å². The van der Waals surface area contributed by atoms with Gasteiger partial charge in [-0.05, 0) is 17.0 Å². The van der Waals surface area contributed by atoms with Crippen molar-refractivity contribution in [2.45, 2.75) is 25.4 Å². The molecular weight excluding hydrogens is 204 g/mol. The topological polar surface area (TPSA) is 35.5 Å². The van der Waals surface area contributed by atoms with E-state index in [1.807, 2.05) is 0 Å². The van der Waals surface area contributed by atoms with E-state index in [2.05, 4.69) is 31.2 Å². The van der Waals surface area contributed by atoms with Gasteiger partial charge in [0.05, 0.1) is 6.61 Å². The molecule has 1 saturated heterocycles. The van der Waals surface area contributed by atoms with Gasteiger partial charge in [-0.1, -0.05) is 31.2 Å². The third-order valence-corrected chi connectivity index (χ3v) is 2.95. The third kappa shape index (κ3) is 2.49. The van der Waals surface area contributed by atoms with Gasteiger partial charge >= 0.3 is 0 Å². The predicted octanol–water partition coefficient (Wildman–Crippen LogP) is 2.42. The van der Waals surface area contributed by atoms with Gasteiger partial charge in [-0.3, -0.25) is 0 Å². The molecule has 0 N–H and O–H groups in total. The van der Waals surface area contributed by atoms with Crippen LogP contribution in [0, 0.1) is 0 Å². The van der Waals surface area contributed by atoms with Gasteiger partial charge in [0.2, 0.25) is 0 Å². The zero-order chi connectivity index (χ0) is 11.4. The maximum atomic E-state index is 10.4. The van der Waals surface area contributed by atoms with Crippen LogP contribution in [-0.4, -0.2) is 19.7 Å². The van der Waals surface area contributed by atoms with Crippen molar-refractivity contribution >= 4 is 6.29 Å². The van der Waals surface area contributed by atoms with Gasteiger partial charge in [0, 0.05) is 6.42 Å². The lowest BCUT2D eigenvalue weighted by Gasteiger charge is -2.11. The molecule has 0 aromatic heterocycles. The maximum absolute atomic E-state index is 10.4. The summed E-state index contributed by atoms with van der Waals surface area (Å²) in [5.41, 5.74) is 2.33. The first-order chi connectivity index (χ1) is 7.81. The Kier molecular flexibility index (Phi) is 3.70. The Balaban J connectivity index is 2.06. The van der Waals surface area contributed by atoms with Crippen LogP contribution in [0.1, 0.15) is 36.5 Å². The summed E-state index contributed by atoms with van der Waals surface area (Å²) in [6.07, 6.45) is 1.60. The number of carbonyl (C=O) groups is 1. The van der Waals surface area contributed by atoms with Crippen LogP contribution in [-0.2, 0) is 14.3 Å². The highest BCUT2D eigenvalue weighted by Gasteiger charge is 2.18. The minimum Gasteiger partial charge on any atom is -0.352 e. The molecule has 0 bridgehead atoms. The molecule has 3 nitrogen and oxygen atoms in total. The largest absolute Gasteiger partial charge is 0.352 e. The molecule has 0 radical (unpaired) electrons. The Hall–Kier alpha value is -1.19. The first-order valence-corrected chi connectivity index (χ1v) is 5.54. The normalized spacial score (nSPS) is 21.9. The first-order valence-electron chi connectivity index (χ1n) is 5.54. The fourth-order valence-electron chi connectivity index (χ4n) is 1.85. The maximum Gasteiger partial charge on any atom is 0.147 e. The number of hydrogen-bond acceptors (Lipinski definition) is 3. The molecule has 1 aromatic rings. The summed E-state index contributed by atoms with van der Waals surface area (Å²) in [7, 11) is 0. The van der Waals surface area contributed by atoms with Crippen LogP contribution in [0.2, 0.25) is 0 Å². The summed E-state index contributed by atoms with van der Waals surface area (Å²) in [6, 6.07) is 8.22. The molecule has 1 aliphatic rings. The average Bonchev–Trinajstić information content (AvgIpc) is 2.83. The van der Waals surface area contributed by atoms with E-state index in [-0.39, 0.29) is 12.0 Å². The van der Waals surface area contributed by atoms with Crippen LogP contribution in [0.15, 0.2) is 24.3 Å². The summed E-state index contributed by atoms with van der Waals surface area (Å²) in [6.45, 7) is 3.07. The SMILES string of the molecule is CC(CC=O)c1ccc(C2COCO2)cc1. The standard InChI is InChI=1S/C13H16O3/c1-10(6-7-14)11-2-4-12(5-3-11)13-8-15-9-16-13/h2-5,7,10,13H,6,8-9H2,1H3. The Labute approximate surface area is 95.4 Å². The van der Waals surface area contributed by atoms with E-state index in [1.165, 1.54) is 5.56 Å². The van der Waals surface area contributed by atoms with Gasteiger partial charge in [-0.2, -0.15) is 0 Å². The number of carbonyl (C=O) groups excluding carboxylic acids is 1. The molecule has 1 fully saturated rings. The molecule has 2 atom stereocenters. The van der Waals surface area contributed by atoms with E-state index < -0.39 is 0 Å². The van der Waals surface area contributed by atoms with E-state index in [1.54, 1.807) is 0 Å². The predicted molar refractivity (Wildman–Crippen MR) is 60.2 cm³/mol. The number of benzene rings is 1. The highest BCUT2D eigenvalue weighted by molar-refractivity contribution is 5.51. The second-order valence-corrected chi connectivity index (χ2v) is 4.11. The molecule has 1 aliphatic heterocycles. The van der Waals surface area contributed by atoms with E-state index in [9.17, 15) is 4.79 Å². The van der Waals surface area contributed by atoms with Gasteiger partial charge in [-0.25, -0.2) is 0 Å². The minimum absolute atomic E-state index is 0.0652. The highest BCUT2D eigenvalue weighted by atomic mass is 16.7. The van der Waals surface area contributed by atoms with Gasteiger partial charge in [-0.15, -0.1) is 0 Å². The molecule has 16 heavy (non-hydrogen) atoms. The lowest BCUT2D eigenvalue weighted by atomic mass is 9.96. The monoisotopic (exact) mass is 220 g/mol. The van der Waals surface area contributed by atoms with Crippen molar-refractivity contribution < 1.29 is 14.3 Å². The van der Waals surface area contributed by atoms with Crippen molar-refractivity contribution in [1.29, 1.82) is 0 Å². The number of aldehydes is 1. The molecule has 0 aliphatic carbocycles. The Morgan fingerprint density at radius 2 is 2.19 bits per heavy atom. The van der Waals surface area contributed by atoms with E-state index in [4.69, 9.17) is 9.47 Å². The molecule has 86 valence electrons. The van der Waals surface area contributed by atoms with Crippen LogP contribution in [0.3, 0.4) is 0 Å². The number of rotatable bonds is 4. The Morgan fingerprint density at radius 3 is 2.75 bits per heavy atom. The van der Waals surface area contributed by atoms with Gasteiger partial charge in [0.15, 0.2) is 0 Å². The van der Waals surface area contributed by atoms with Crippen molar-refractivity contribution in [1.82, 2.24) is 0 Å². The fourth-order valence-corrected chi connectivity index (χ4v) is 1.85.